The normalized spacial score (nSPS) is 15.0. The van der Waals surface area contributed by atoms with E-state index in [1.165, 1.54) is 6.33 Å². The number of fused-ring (bicyclic) bond motifs is 1. The minimum Gasteiger partial charge on any atom is -0.485 e. The first kappa shape index (κ1) is 18.7. The van der Waals surface area contributed by atoms with Crippen molar-refractivity contribution >= 4 is 11.7 Å². The Labute approximate surface area is 168 Å². The summed E-state index contributed by atoms with van der Waals surface area (Å²) in [5.41, 5.74) is 1.98. The molecule has 2 aromatic heterocycles. The molecule has 9 nitrogen and oxygen atoms in total. The molecule has 1 amide bonds. The van der Waals surface area contributed by atoms with Gasteiger partial charge >= 0.3 is 0 Å². The van der Waals surface area contributed by atoms with Gasteiger partial charge in [0, 0.05) is 24.8 Å². The van der Waals surface area contributed by atoms with Crippen molar-refractivity contribution in [2.24, 2.45) is 0 Å². The van der Waals surface area contributed by atoms with Crippen molar-refractivity contribution in [3.8, 4) is 17.3 Å². The molecule has 3 heterocycles. The summed E-state index contributed by atoms with van der Waals surface area (Å²) in [6, 6.07) is 9.14. The lowest BCUT2D eigenvalue weighted by molar-refractivity contribution is -0.130. The Bertz CT molecular complexity index is 1020. The van der Waals surface area contributed by atoms with Gasteiger partial charge in [-0.3, -0.25) is 9.36 Å². The fourth-order valence-corrected chi connectivity index (χ4v) is 2.94. The number of amides is 1. The standard InChI is InChI=1S/C20H22N6O3/c1-13-14(2)26(12-25-13)19-9-18(23-11-24-19)21-7-8-22-20(27)17-10-28-15-5-3-4-6-16(15)29-17/h3-6,9,11-12,17H,7-8,10H2,1-2H3,(H,22,27)(H,21,23,24). The van der Waals surface area contributed by atoms with Crippen LogP contribution in [0.25, 0.3) is 5.82 Å². The summed E-state index contributed by atoms with van der Waals surface area (Å²) in [4.78, 5) is 25.1. The molecular weight excluding hydrogens is 372 g/mol. The van der Waals surface area contributed by atoms with E-state index in [1.807, 2.05) is 42.7 Å². The van der Waals surface area contributed by atoms with Crippen molar-refractivity contribution in [2.45, 2.75) is 20.0 Å². The Hall–Kier alpha value is -3.62. The van der Waals surface area contributed by atoms with Gasteiger partial charge in [0.1, 0.15) is 30.9 Å². The van der Waals surface area contributed by atoms with Gasteiger partial charge < -0.3 is 20.1 Å². The highest BCUT2D eigenvalue weighted by atomic mass is 16.6. The number of anilines is 1. The third-order valence-electron chi connectivity index (χ3n) is 4.68. The average molecular weight is 394 g/mol. The van der Waals surface area contributed by atoms with Crippen LogP contribution >= 0.6 is 0 Å². The van der Waals surface area contributed by atoms with Gasteiger partial charge in [0.05, 0.1) is 5.69 Å². The molecule has 1 aliphatic heterocycles. The number of nitrogens with one attached hydrogen (secondary N) is 2. The molecule has 1 aromatic carbocycles. The molecule has 0 saturated carbocycles. The second-order valence-electron chi connectivity index (χ2n) is 6.63. The van der Waals surface area contributed by atoms with E-state index < -0.39 is 6.10 Å². The Morgan fingerprint density at radius 1 is 1.17 bits per heavy atom. The summed E-state index contributed by atoms with van der Waals surface area (Å²) in [5.74, 6) is 2.42. The van der Waals surface area contributed by atoms with Gasteiger partial charge in [0.25, 0.3) is 5.91 Å². The second-order valence-corrected chi connectivity index (χ2v) is 6.63. The zero-order valence-corrected chi connectivity index (χ0v) is 16.3. The molecule has 2 N–H and O–H groups in total. The number of rotatable bonds is 6. The van der Waals surface area contributed by atoms with Crippen molar-refractivity contribution in [1.29, 1.82) is 0 Å². The van der Waals surface area contributed by atoms with Gasteiger partial charge in [0.2, 0.25) is 6.10 Å². The van der Waals surface area contributed by atoms with Crippen LogP contribution in [-0.4, -0.2) is 51.2 Å². The number of carbonyl (C=O) groups excluding carboxylic acids is 1. The largest absolute Gasteiger partial charge is 0.485 e. The van der Waals surface area contributed by atoms with E-state index in [9.17, 15) is 4.79 Å². The van der Waals surface area contributed by atoms with E-state index in [-0.39, 0.29) is 12.5 Å². The molecule has 0 aliphatic carbocycles. The first-order valence-corrected chi connectivity index (χ1v) is 9.35. The van der Waals surface area contributed by atoms with Crippen LogP contribution in [0.15, 0.2) is 43.0 Å². The minimum atomic E-state index is -0.664. The number of hydrogen-bond donors (Lipinski definition) is 2. The van der Waals surface area contributed by atoms with E-state index in [0.29, 0.717) is 30.4 Å². The van der Waals surface area contributed by atoms with Crippen molar-refractivity contribution < 1.29 is 14.3 Å². The summed E-state index contributed by atoms with van der Waals surface area (Å²) in [6.45, 7) is 5.06. The molecule has 1 aliphatic rings. The van der Waals surface area contributed by atoms with E-state index in [0.717, 1.165) is 17.2 Å². The highest BCUT2D eigenvalue weighted by Crippen LogP contribution is 2.30. The van der Waals surface area contributed by atoms with Gasteiger partial charge in [-0.1, -0.05) is 12.1 Å². The van der Waals surface area contributed by atoms with Gasteiger partial charge in [-0.15, -0.1) is 0 Å². The Balaban J connectivity index is 1.27. The summed E-state index contributed by atoms with van der Waals surface area (Å²) in [6.07, 6.45) is 2.57. The van der Waals surface area contributed by atoms with Gasteiger partial charge in [-0.2, -0.15) is 0 Å². The predicted octanol–water partition coefficient (Wildman–Crippen LogP) is 1.65. The smallest absolute Gasteiger partial charge is 0.264 e. The molecule has 0 fully saturated rings. The Morgan fingerprint density at radius 3 is 2.79 bits per heavy atom. The summed E-state index contributed by atoms with van der Waals surface area (Å²) in [5, 5.41) is 6.03. The fraction of sp³-hybridized carbons (Fsp3) is 0.300. The number of nitrogens with zero attached hydrogens (tertiary/aromatic N) is 4. The molecule has 1 unspecified atom stereocenters. The minimum absolute atomic E-state index is 0.190. The van der Waals surface area contributed by atoms with E-state index in [2.05, 4.69) is 25.6 Å². The summed E-state index contributed by atoms with van der Waals surface area (Å²) >= 11 is 0. The maximum Gasteiger partial charge on any atom is 0.264 e. The van der Waals surface area contributed by atoms with Crippen LogP contribution in [0.4, 0.5) is 5.82 Å². The van der Waals surface area contributed by atoms with Crippen LogP contribution in [0.5, 0.6) is 11.5 Å². The lowest BCUT2D eigenvalue weighted by Gasteiger charge is -2.25. The first-order chi connectivity index (χ1) is 14.1. The molecule has 0 radical (unpaired) electrons. The molecule has 1 atom stereocenters. The molecule has 0 spiro atoms. The number of ether oxygens (including phenoxy) is 2. The molecule has 0 bridgehead atoms. The van der Waals surface area contributed by atoms with Crippen LogP contribution in [0, 0.1) is 13.8 Å². The van der Waals surface area contributed by atoms with E-state index in [4.69, 9.17) is 9.47 Å². The Morgan fingerprint density at radius 2 is 2.00 bits per heavy atom. The van der Waals surface area contributed by atoms with Crippen LogP contribution in [0.2, 0.25) is 0 Å². The van der Waals surface area contributed by atoms with Crippen LogP contribution in [0.1, 0.15) is 11.4 Å². The van der Waals surface area contributed by atoms with Gasteiger partial charge in [0.15, 0.2) is 11.5 Å². The van der Waals surface area contributed by atoms with E-state index >= 15 is 0 Å². The van der Waals surface area contributed by atoms with Crippen LogP contribution < -0.4 is 20.1 Å². The highest BCUT2D eigenvalue weighted by molar-refractivity contribution is 5.81. The second kappa shape index (κ2) is 8.17. The molecule has 4 rings (SSSR count). The number of hydrogen-bond acceptors (Lipinski definition) is 7. The quantitative estimate of drug-likeness (QED) is 0.613. The highest BCUT2D eigenvalue weighted by Gasteiger charge is 2.26. The molecule has 29 heavy (non-hydrogen) atoms. The molecule has 9 heteroatoms. The van der Waals surface area contributed by atoms with Crippen molar-refractivity contribution in [3.05, 3.63) is 54.4 Å². The number of aromatic nitrogens is 4. The third kappa shape index (κ3) is 4.13. The lowest BCUT2D eigenvalue weighted by atomic mass is 10.2. The zero-order valence-electron chi connectivity index (χ0n) is 16.3. The number of imidazole rings is 1. The number of aryl methyl sites for hydroxylation is 1. The number of para-hydroxylation sites is 2. The molecule has 150 valence electrons. The molecular formula is C20H22N6O3. The zero-order chi connectivity index (χ0) is 20.2. The predicted molar refractivity (Wildman–Crippen MR) is 106 cm³/mol. The van der Waals surface area contributed by atoms with Gasteiger partial charge in [-0.05, 0) is 26.0 Å². The van der Waals surface area contributed by atoms with E-state index in [1.54, 1.807) is 12.4 Å². The number of carbonyl (C=O) groups is 1. The summed E-state index contributed by atoms with van der Waals surface area (Å²) in [7, 11) is 0. The lowest BCUT2D eigenvalue weighted by Crippen LogP contribution is -2.45. The molecule has 3 aromatic rings. The SMILES string of the molecule is Cc1ncn(-c2cc(NCCNC(=O)C3COc4ccccc4O3)ncn2)c1C. The van der Waals surface area contributed by atoms with Crippen molar-refractivity contribution in [3.63, 3.8) is 0 Å². The maximum absolute atomic E-state index is 12.3. The number of benzene rings is 1. The maximum atomic E-state index is 12.3. The topological polar surface area (TPSA) is 103 Å². The monoisotopic (exact) mass is 394 g/mol. The van der Waals surface area contributed by atoms with Crippen molar-refractivity contribution in [2.75, 3.05) is 25.0 Å². The molecule has 0 saturated heterocycles. The Kier molecular flexibility index (Phi) is 5.28. The average Bonchev–Trinajstić information content (AvgIpc) is 3.09. The van der Waals surface area contributed by atoms with Gasteiger partial charge in [-0.25, -0.2) is 15.0 Å². The van der Waals surface area contributed by atoms with Crippen LogP contribution in [0.3, 0.4) is 0 Å². The first-order valence-electron chi connectivity index (χ1n) is 9.35. The third-order valence-corrected chi connectivity index (χ3v) is 4.68. The summed E-state index contributed by atoms with van der Waals surface area (Å²) < 4.78 is 13.2. The van der Waals surface area contributed by atoms with Crippen LogP contribution in [-0.2, 0) is 4.79 Å². The van der Waals surface area contributed by atoms with Crippen molar-refractivity contribution in [1.82, 2.24) is 24.8 Å². The fourth-order valence-electron chi connectivity index (χ4n) is 2.94.